The summed E-state index contributed by atoms with van der Waals surface area (Å²) in [4.78, 5) is 18.9. The number of aromatic nitrogens is 1. The Morgan fingerprint density at radius 3 is 2.70 bits per heavy atom. The highest BCUT2D eigenvalue weighted by molar-refractivity contribution is 7.18. The quantitative estimate of drug-likeness (QED) is 0.759. The van der Waals surface area contributed by atoms with Gasteiger partial charge in [-0.1, -0.05) is 37.3 Å². The van der Waals surface area contributed by atoms with Crippen molar-refractivity contribution >= 4 is 28.2 Å². The zero-order chi connectivity index (χ0) is 15.3. The lowest BCUT2D eigenvalue weighted by molar-refractivity contribution is 0.0784. The van der Waals surface area contributed by atoms with Crippen LogP contribution < -0.4 is 11.1 Å². The van der Waals surface area contributed by atoms with E-state index in [1.807, 2.05) is 13.8 Å². The Hall–Kier alpha value is -1.56. The summed E-state index contributed by atoms with van der Waals surface area (Å²) in [5.41, 5.74) is 6.81. The Morgan fingerprint density at radius 1 is 1.55 bits per heavy atom. The summed E-state index contributed by atoms with van der Waals surface area (Å²) in [6, 6.07) is 0. The molecule has 3 N–H and O–H groups in total. The molecule has 112 valence electrons. The van der Waals surface area contributed by atoms with Crippen LogP contribution in [-0.2, 0) is 0 Å². The van der Waals surface area contributed by atoms with Crippen molar-refractivity contribution in [3.05, 3.63) is 17.0 Å². The van der Waals surface area contributed by atoms with Gasteiger partial charge in [-0.2, -0.15) is 0 Å². The van der Waals surface area contributed by atoms with Gasteiger partial charge in [-0.15, -0.1) is 0 Å². The third kappa shape index (κ3) is 4.52. The van der Waals surface area contributed by atoms with Crippen LogP contribution in [0.1, 0.15) is 37.4 Å². The number of likely N-dealkylation sites (N-methyl/N-ethyl adjacent to an activating group) is 1. The molecule has 0 aliphatic heterocycles. The zero-order valence-electron chi connectivity index (χ0n) is 12.7. The molecular weight excluding hydrogens is 272 g/mol. The Kier molecular flexibility index (Phi) is 6.01. The number of thiazole rings is 1. The summed E-state index contributed by atoms with van der Waals surface area (Å²) in [5.74, 6) is 0.726. The largest absolute Gasteiger partial charge is 0.382 e. The molecule has 0 saturated carbocycles. The second-order valence-corrected chi connectivity index (χ2v) is 6.28. The molecule has 1 heterocycles. The minimum absolute atomic E-state index is 0.0805. The average Bonchev–Trinajstić information content (AvgIpc) is 2.73. The summed E-state index contributed by atoms with van der Waals surface area (Å²) < 4.78 is 0. The van der Waals surface area contributed by atoms with E-state index in [2.05, 4.69) is 30.7 Å². The van der Waals surface area contributed by atoms with Gasteiger partial charge in [0.25, 0.3) is 5.91 Å². The third-order valence-electron chi connectivity index (χ3n) is 2.64. The van der Waals surface area contributed by atoms with Crippen molar-refractivity contribution in [1.82, 2.24) is 9.88 Å². The lowest BCUT2D eigenvalue weighted by Gasteiger charge is -2.20. The van der Waals surface area contributed by atoms with E-state index in [0.29, 0.717) is 34.8 Å². The van der Waals surface area contributed by atoms with Crippen molar-refractivity contribution in [2.45, 2.75) is 27.7 Å². The molecule has 0 bridgehead atoms. The monoisotopic (exact) mass is 296 g/mol. The van der Waals surface area contributed by atoms with Crippen molar-refractivity contribution in [2.24, 2.45) is 5.92 Å². The molecule has 0 aliphatic rings. The van der Waals surface area contributed by atoms with Crippen molar-refractivity contribution < 1.29 is 4.79 Å². The fraction of sp³-hybridized carbons (Fsp3) is 0.571. The van der Waals surface area contributed by atoms with Gasteiger partial charge in [-0.05, 0) is 19.8 Å². The van der Waals surface area contributed by atoms with E-state index in [4.69, 9.17) is 5.73 Å². The van der Waals surface area contributed by atoms with Gasteiger partial charge in [0.2, 0.25) is 0 Å². The number of nitrogens with zero attached hydrogens (tertiary/aromatic N) is 2. The number of hydrogen-bond donors (Lipinski definition) is 2. The number of nitrogens with two attached hydrogens (primary N) is 1. The highest BCUT2D eigenvalue weighted by atomic mass is 32.1. The number of carbonyl (C=O) groups excluding carboxylic acids is 1. The lowest BCUT2D eigenvalue weighted by Crippen LogP contribution is -2.32. The van der Waals surface area contributed by atoms with Crippen LogP contribution in [0.15, 0.2) is 12.2 Å². The van der Waals surface area contributed by atoms with Gasteiger partial charge in [0.15, 0.2) is 5.13 Å². The molecule has 5 nitrogen and oxygen atoms in total. The number of carbonyl (C=O) groups is 1. The number of hydrogen-bond acceptors (Lipinski definition) is 5. The van der Waals surface area contributed by atoms with Gasteiger partial charge in [0.1, 0.15) is 10.7 Å². The summed E-state index contributed by atoms with van der Waals surface area (Å²) in [5, 5.41) is 3.90. The highest BCUT2D eigenvalue weighted by Crippen LogP contribution is 2.26. The minimum Gasteiger partial charge on any atom is -0.382 e. The van der Waals surface area contributed by atoms with Gasteiger partial charge >= 0.3 is 0 Å². The number of nitrogen functional groups attached to an aromatic ring is 1. The Labute approximate surface area is 124 Å². The van der Waals surface area contributed by atoms with E-state index in [0.717, 1.165) is 12.1 Å². The maximum atomic E-state index is 12.4. The molecule has 1 aromatic rings. The molecule has 1 aromatic heterocycles. The van der Waals surface area contributed by atoms with Gasteiger partial charge in [-0.3, -0.25) is 4.79 Å². The van der Waals surface area contributed by atoms with E-state index < -0.39 is 0 Å². The predicted molar refractivity (Wildman–Crippen MR) is 86.2 cm³/mol. The van der Waals surface area contributed by atoms with Crippen molar-refractivity contribution in [1.29, 1.82) is 0 Å². The summed E-state index contributed by atoms with van der Waals surface area (Å²) >= 11 is 1.31. The van der Waals surface area contributed by atoms with Gasteiger partial charge in [0.05, 0.1) is 0 Å². The van der Waals surface area contributed by atoms with Crippen LogP contribution in [0, 0.1) is 5.92 Å². The molecule has 0 fully saturated rings. The van der Waals surface area contributed by atoms with Gasteiger partial charge in [0, 0.05) is 19.6 Å². The molecule has 0 aliphatic carbocycles. The van der Waals surface area contributed by atoms with Crippen LogP contribution in [-0.4, -0.2) is 35.4 Å². The molecule has 20 heavy (non-hydrogen) atoms. The molecule has 0 aromatic carbocycles. The molecule has 0 radical (unpaired) electrons. The first-order chi connectivity index (χ1) is 9.35. The molecule has 0 saturated heterocycles. The normalized spacial score (nSPS) is 10.7. The van der Waals surface area contributed by atoms with E-state index in [9.17, 15) is 4.79 Å². The number of rotatable bonds is 7. The number of amides is 1. The molecule has 0 unspecified atom stereocenters. The van der Waals surface area contributed by atoms with E-state index in [1.165, 1.54) is 11.3 Å². The van der Waals surface area contributed by atoms with E-state index in [-0.39, 0.29) is 5.91 Å². The highest BCUT2D eigenvalue weighted by Gasteiger charge is 2.21. The maximum Gasteiger partial charge on any atom is 0.268 e. The summed E-state index contributed by atoms with van der Waals surface area (Å²) in [6.45, 7) is 13.9. The smallest absolute Gasteiger partial charge is 0.268 e. The van der Waals surface area contributed by atoms with Crippen LogP contribution in [0.2, 0.25) is 0 Å². The molecular formula is C14H24N4OS. The second-order valence-electron chi connectivity index (χ2n) is 5.28. The minimum atomic E-state index is -0.0805. The standard InChI is InChI=1S/C14H24N4OS/c1-6-18(8-10(4)5)13(19)11-12(15)17-14(20-11)16-7-9(2)3/h9H,4,6-8,15H2,1-3,5H3,(H,16,17). The summed E-state index contributed by atoms with van der Waals surface area (Å²) in [6.07, 6.45) is 0. The Morgan fingerprint density at radius 2 is 2.20 bits per heavy atom. The SMILES string of the molecule is C=C(C)CN(CC)C(=O)c1sc(NCC(C)C)nc1N. The Bertz CT molecular complexity index is 482. The predicted octanol–water partition coefficient (Wildman–Crippen LogP) is 2.83. The lowest BCUT2D eigenvalue weighted by atomic mass is 10.2. The van der Waals surface area contributed by atoms with Crippen LogP contribution in [0.3, 0.4) is 0 Å². The summed E-state index contributed by atoms with van der Waals surface area (Å²) in [7, 11) is 0. The first-order valence-corrected chi connectivity index (χ1v) is 7.60. The van der Waals surface area contributed by atoms with Crippen LogP contribution in [0.25, 0.3) is 0 Å². The molecule has 0 atom stereocenters. The molecule has 0 spiro atoms. The fourth-order valence-electron chi connectivity index (χ4n) is 1.65. The average molecular weight is 296 g/mol. The van der Waals surface area contributed by atoms with Crippen LogP contribution >= 0.6 is 11.3 Å². The molecule has 1 amide bonds. The Balaban J connectivity index is 2.84. The number of nitrogens with one attached hydrogen (secondary N) is 1. The molecule has 6 heteroatoms. The topological polar surface area (TPSA) is 71.2 Å². The van der Waals surface area contributed by atoms with Crippen molar-refractivity contribution in [3.63, 3.8) is 0 Å². The maximum absolute atomic E-state index is 12.4. The third-order valence-corrected chi connectivity index (χ3v) is 3.66. The van der Waals surface area contributed by atoms with Crippen LogP contribution in [0.4, 0.5) is 10.9 Å². The second kappa shape index (κ2) is 7.28. The van der Waals surface area contributed by atoms with E-state index in [1.54, 1.807) is 4.90 Å². The van der Waals surface area contributed by atoms with Gasteiger partial charge in [-0.25, -0.2) is 4.98 Å². The first-order valence-electron chi connectivity index (χ1n) is 6.79. The van der Waals surface area contributed by atoms with Gasteiger partial charge < -0.3 is 16.0 Å². The van der Waals surface area contributed by atoms with Crippen LogP contribution in [0.5, 0.6) is 0 Å². The number of anilines is 2. The van der Waals surface area contributed by atoms with Crippen molar-refractivity contribution in [3.8, 4) is 0 Å². The van der Waals surface area contributed by atoms with Crippen molar-refractivity contribution in [2.75, 3.05) is 30.7 Å². The first kappa shape index (κ1) is 16.5. The van der Waals surface area contributed by atoms with E-state index >= 15 is 0 Å². The zero-order valence-corrected chi connectivity index (χ0v) is 13.5. The molecule has 1 rings (SSSR count). The fourth-order valence-corrected chi connectivity index (χ4v) is 2.51.